The van der Waals surface area contributed by atoms with Crippen molar-refractivity contribution in [2.24, 2.45) is 0 Å². The first-order valence-electron chi connectivity index (χ1n) is 7.33. The standard InChI is InChI=1S/C14H17N3O7S/c18-12(15-5-6-24-17(21)22)7-23-11-4-2-1-3-9(11)13-16-10(8-25-13)14(19)20/h1-4,10,13,16H,5-8H2,(H,15,18)(H,19,20). The van der Waals surface area contributed by atoms with E-state index in [-0.39, 0.29) is 25.1 Å². The Bertz CT molecular complexity index is 643. The summed E-state index contributed by atoms with van der Waals surface area (Å²) in [5, 5.41) is 23.3. The van der Waals surface area contributed by atoms with Crippen molar-refractivity contribution in [2.75, 3.05) is 25.5 Å². The normalized spacial score (nSPS) is 19.2. The monoisotopic (exact) mass is 371 g/mol. The summed E-state index contributed by atoms with van der Waals surface area (Å²) < 4.78 is 5.50. The quantitative estimate of drug-likeness (QED) is 0.315. The van der Waals surface area contributed by atoms with Gasteiger partial charge in [0.2, 0.25) is 0 Å². The largest absolute Gasteiger partial charge is 0.483 e. The van der Waals surface area contributed by atoms with Crippen molar-refractivity contribution in [1.29, 1.82) is 0 Å². The molecule has 0 bridgehead atoms. The molecule has 11 heteroatoms. The minimum Gasteiger partial charge on any atom is -0.483 e. The Kier molecular flexibility index (Phi) is 6.83. The molecule has 3 N–H and O–H groups in total. The van der Waals surface area contributed by atoms with E-state index in [1.165, 1.54) is 11.8 Å². The van der Waals surface area contributed by atoms with Crippen LogP contribution >= 0.6 is 11.8 Å². The predicted octanol–water partition coefficient (Wildman–Crippen LogP) is 0.178. The molecule has 0 aromatic heterocycles. The molecular formula is C14H17N3O7S. The van der Waals surface area contributed by atoms with Gasteiger partial charge in [0.25, 0.3) is 11.0 Å². The number of hydrogen-bond donors (Lipinski definition) is 3. The second kappa shape index (κ2) is 9.08. The van der Waals surface area contributed by atoms with Gasteiger partial charge in [-0.1, -0.05) is 18.2 Å². The molecular weight excluding hydrogens is 354 g/mol. The lowest BCUT2D eigenvalue weighted by Crippen LogP contribution is -2.34. The van der Waals surface area contributed by atoms with Crippen LogP contribution in [-0.2, 0) is 14.4 Å². The highest BCUT2D eigenvalue weighted by atomic mass is 32.2. The summed E-state index contributed by atoms with van der Waals surface area (Å²) in [6, 6.07) is 6.40. The molecule has 0 radical (unpaired) electrons. The van der Waals surface area contributed by atoms with Gasteiger partial charge in [-0.05, 0) is 6.07 Å². The summed E-state index contributed by atoms with van der Waals surface area (Å²) in [7, 11) is 0. The highest BCUT2D eigenvalue weighted by Crippen LogP contribution is 2.37. The van der Waals surface area contributed by atoms with E-state index in [9.17, 15) is 19.7 Å². The van der Waals surface area contributed by atoms with Crippen LogP contribution in [0.15, 0.2) is 24.3 Å². The van der Waals surface area contributed by atoms with Crippen molar-refractivity contribution >= 4 is 23.6 Å². The lowest BCUT2D eigenvalue weighted by molar-refractivity contribution is -0.757. The molecule has 2 atom stereocenters. The third-order valence-corrected chi connectivity index (χ3v) is 4.51. The van der Waals surface area contributed by atoms with E-state index >= 15 is 0 Å². The number of carboxylic acid groups (broad SMARTS) is 1. The molecule has 1 aromatic rings. The zero-order chi connectivity index (χ0) is 18.2. The van der Waals surface area contributed by atoms with E-state index in [1.54, 1.807) is 24.3 Å². The third kappa shape index (κ3) is 5.80. The maximum Gasteiger partial charge on any atom is 0.321 e. The number of thioether (sulfide) groups is 1. The van der Waals surface area contributed by atoms with Crippen molar-refractivity contribution in [3.05, 3.63) is 39.9 Å². The summed E-state index contributed by atoms with van der Waals surface area (Å²) in [4.78, 5) is 36.8. The van der Waals surface area contributed by atoms with Gasteiger partial charge in [0, 0.05) is 17.9 Å². The first kappa shape index (κ1) is 18.8. The number of ether oxygens (including phenoxy) is 1. The van der Waals surface area contributed by atoms with E-state index in [4.69, 9.17) is 9.84 Å². The molecule has 1 saturated heterocycles. The van der Waals surface area contributed by atoms with E-state index in [0.29, 0.717) is 11.5 Å². The highest BCUT2D eigenvalue weighted by molar-refractivity contribution is 7.99. The predicted molar refractivity (Wildman–Crippen MR) is 87.7 cm³/mol. The molecule has 25 heavy (non-hydrogen) atoms. The van der Waals surface area contributed by atoms with Gasteiger partial charge in [-0.2, -0.15) is 0 Å². The van der Waals surface area contributed by atoms with Gasteiger partial charge in [-0.3, -0.25) is 14.9 Å². The molecule has 0 saturated carbocycles. The van der Waals surface area contributed by atoms with Gasteiger partial charge in [0.15, 0.2) is 6.61 Å². The maximum absolute atomic E-state index is 11.7. The molecule has 0 spiro atoms. The van der Waals surface area contributed by atoms with Crippen molar-refractivity contribution < 1.29 is 29.4 Å². The fourth-order valence-electron chi connectivity index (χ4n) is 2.13. The molecule has 1 heterocycles. The number of benzene rings is 1. The Hall–Kier alpha value is -2.53. The molecule has 10 nitrogen and oxygen atoms in total. The van der Waals surface area contributed by atoms with Crippen LogP contribution in [0.25, 0.3) is 0 Å². The van der Waals surface area contributed by atoms with Crippen LogP contribution in [0.4, 0.5) is 0 Å². The number of amides is 1. The number of nitrogens with zero attached hydrogens (tertiary/aromatic N) is 1. The summed E-state index contributed by atoms with van der Waals surface area (Å²) in [5.74, 6) is -0.456. The Labute approximate surface area is 147 Å². The van der Waals surface area contributed by atoms with Crippen LogP contribution in [0.1, 0.15) is 10.9 Å². The van der Waals surface area contributed by atoms with Gasteiger partial charge in [-0.25, -0.2) is 0 Å². The zero-order valence-corrected chi connectivity index (χ0v) is 13.9. The summed E-state index contributed by atoms with van der Waals surface area (Å²) in [5.41, 5.74) is 0.751. The van der Waals surface area contributed by atoms with Crippen molar-refractivity contribution in [3.8, 4) is 5.75 Å². The molecule has 1 fully saturated rings. The van der Waals surface area contributed by atoms with Gasteiger partial charge in [0.1, 0.15) is 18.4 Å². The first-order chi connectivity index (χ1) is 12.0. The Morgan fingerprint density at radius 2 is 2.20 bits per heavy atom. The fraction of sp³-hybridized carbons (Fsp3) is 0.429. The van der Waals surface area contributed by atoms with Crippen molar-refractivity contribution in [2.45, 2.75) is 11.4 Å². The lowest BCUT2D eigenvalue weighted by Gasteiger charge is -2.16. The molecule has 136 valence electrons. The topological polar surface area (TPSA) is 140 Å². The third-order valence-electron chi connectivity index (χ3n) is 3.26. The molecule has 2 rings (SSSR count). The van der Waals surface area contributed by atoms with Gasteiger partial charge >= 0.3 is 5.97 Å². The summed E-state index contributed by atoms with van der Waals surface area (Å²) in [6.45, 7) is -0.519. The van der Waals surface area contributed by atoms with E-state index in [2.05, 4.69) is 15.5 Å². The number of carboxylic acids is 1. The molecule has 2 unspecified atom stereocenters. The summed E-state index contributed by atoms with van der Waals surface area (Å²) in [6.07, 6.45) is 0. The number of rotatable bonds is 9. The van der Waals surface area contributed by atoms with Crippen LogP contribution in [-0.4, -0.2) is 53.6 Å². The van der Waals surface area contributed by atoms with Crippen LogP contribution < -0.4 is 15.4 Å². The first-order valence-corrected chi connectivity index (χ1v) is 8.38. The number of aliphatic carboxylic acids is 1. The van der Waals surface area contributed by atoms with E-state index in [0.717, 1.165) is 5.56 Å². The average molecular weight is 371 g/mol. The van der Waals surface area contributed by atoms with Crippen LogP contribution in [0.2, 0.25) is 0 Å². The average Bonchev–Trinajstić information content (AvgIpc) is 3.07. The molecule has 1 aliphatic rings. The maximum atomic E-state index is 11.7. The highest BCUT2D eigenvalue weighted by Gasteiger charge is 2.31. The number of carbonyl (C=O) groups is 2. The van der Waals surface area contributed by atoms with Gasteiger partial charge in [0.05, 0.1) is 5.37 Å². The zero-order valence-electron chi connectivity index (χ0n) is 13.0. The smallest absolute Gasteiger partial charge is 0.321 e. The lowest BCUT2D eigenvalue weighted by atomic mass is 10.2. The molecule has 1 aliphatic heterocycles. The Morgan fingerprint density at radius 1 is 1.44 bits per heavy atom. The Balaban J connectivity index is 1.85. The molecule has 1 amide bonds. The van der Waals surface area contributed by atoms with Gasteiger partial charge < -0.3 is 20.0 Å². The van der Waals surface area contributed by atoms with Gasteiger partial charge in [-0.15, -0.1) is 21.9 Å². The SMILES string of the molecule is O=C(COc1ccccc1C1NC(C(=O)O)CS1)NCCO[N+](=O)[O-]. The van der Waals surface area contributed by atoms with E-state index < -0.39 is 23.0 Å². The second-order valence-corrected chi connectivity index (χ2v) is 6.14. The number of nitrogens with one attached hydrogen (secondary N) is 2. The molecule has 1 aromatic carbocycles. The Morgan fingerprint density at radius 3 is 2.88 bits per heavy atom. The van der Waals surface area contributed by atoms with E-state index in [1.807, 2.05) is 0 Å². The second-order valence-electron chi connectivity index (χ2n) is 5.00. The summed E-state index contributed by atoms with van der Waals surface area (Å²) >= 11 is 1.45. The minimum absolute atomic E-state index is 0.00879. The number of carbonyl (C=O) groups excluding carboxylic acids is 1. The van der Waals surface area contributed by atoms with Crippen molar-refractivity contribution in [1.82, 2.24) is 10.6 Å². The number of para-hydroxylation sites is 1. The van der Waals surface area contributed by atoms with Crippen LogP contribution in [0.3, 0.4) is 0 Å². The fourth-order valence-corrected chi connectivity index (χ4v) is 3.39. The van der Waals surface area contributed by atoms with Crippen LogP contribution in [0, 0.1) is 10.1 Å². The van der Waals surface area contributed by atoms with Crippen LogP contribution in [0.5, 0.6) is 5.75 Å². The molecule has 0 aliphatic carbocycles. The minimum atomic E-state index is -0.935. The number of hydrogen-bond acceptors (Lipinski definition) is 8. The van der Waals surface area contributed by atoms with Crippen molar-refractivity contribution in [3.63, 3.8) is 0 Å².